The molecule has 0 spiro atoms. The summed E-state index contributed by atoms with van der Waals surface area (Å²) >= 11 is 0. The Kier molecular flexibility index (Phi) is 5.53. The smallest absolute Gasteiger partial charge is 0.300 e. The summed E-state index contributed by atoms with van der Waals surface area (Å²) in [6, 6.07) is 15.4. The van der Waals surface area contributed by atoms with Crippen molar-refractivity contribution in [1.82, 2.24) is 4.98 Å². The summed E-state index contributed by atoms with van der Waals surface area (Å²) in [6.45, 7) is 5.60. The number of benzene rings is 2. The fourth-order valence-corrected chi connectivity index (χ4v) is 4.10. The van der Waals surface area contributed by atoms with Crippen molar-refractivity contribution in [3.8, 4) is 5.75 Å². The number of rotatable bonds is 4. The molecule has 1 aromatic heterocycles. The van der Waals surface area contributed by atoms with Gasteiger partial charge in [0.25, 0.3) is 11.7 Å². The number of aryl methyl sites for hydroxylation is 3. The van der Waals surface area contributed by atoms with Gasteiger partial charge in [0.1, 0.15) is 17.6 Å². The summed E-state index contributed by atoms with van der Waals surface area (Å²) < 4.78 is 5.36. The van der Waals surface area contributed by atoms with E-state index in [9.17, 15) is 14.7 Å². The molecule has 1 atom stereocenters. The molecule has 32 heavy (non-hydrogen) atoms. The number of Topliss-reactive ketones (excluding diaryl/α,β-unsaturated/α-hetero) is 1. The van der Waals surface area contributed by atoms with Gasteiger partial charge in [0, 0.05) is 17.4 Å². The molecule has 3 aromatic rings. The Hall–Kier alpha value is -3.93. The van der Waals surface area contributed by atoms with Gasteiger partial charge >= 0.3 is 0 Å². The molecular weight excluding hydrogens is 404 g/mol. The number of anilines is 1. The van der Waals surface area contributed by atoms with Crippen LogP contribution < -0.4 is 9.64 Å². The number of methoxy groups -OCH3 is 1. The van der Waals surface area contributed by atoms with E-state index in [1.807, 2.05) is 39.0 Å². The van der Waals surface area contributed by atoms with Crippen LogP contribution in [0, 0.1) is 20.8 Å². The lowest BCUT2D eigenvalue weighted by Gasteiger charge is -2.25. The largest absolute Gasteiger partial charge is 0.507 e. The Morgan fingerprint density at radius 2 is 1.78 bits per heavy atom. The highest BCUT2D eigenvalue weighted by atomic mass is 16.5. The van der Waals surface area contributed by atoms with Crippen molar-refractivity contribution in [3.05, 3.63) is 94.3 Å². The first kappa shape index (κ1) is 21.3. The first-order chi connectivity index (χ1) is 15.3. The third-order valence-electron chi connectivity index (χ3n) is 5.69. The van der Waals surface area contributed by atoms with E-state index < -0.39 is 17.7 Å². The van der Waals surface area contributed by atoms with Crippen molar-refractivity contribution in [3.63, 3.8) is 0 Å². The van der Waals surface area contributed by atoms with Gasteiger partial charge in [-0.2, -0.15) is 0 Å². The predicted octanol–water partition coefficient (Wildman–Crippen LogP) is 4.64. The molecule has 0 radical (unpaired) electrons. The van der Waals surface area contributed by atoms with Crippen LogP contribution in [0.3, 0.4) is 0 Å². The molecule has 1 unspecified atom stereocenters. The number of ether oxygens (including phenoxy) is 1. The van der Waals surface area contributed by atoms with Gasteiger partial charge in [-0.05, 0) is 73.9 Å². The number of carbonyl (C=O) groups is 2. The van der Waals surface area contributed by atoms with E-state index in [1.165, 1.54) is 4.90 Å². The number of nitrogens with zero attached hydrogens (tertiary/aromatic N) is 2. The van der Waals surface area contributed by atoms with E-state index in [2.05, 4.69) is 4.98 Å². The van der Waals surface area contributed by atoms with Crippen molar-refractivity contribution in [2.75, 3.05) is 12.0 Å². The molecule has 6 heteroatoms. The molecule has 2 aromatic carbocycles. The van der Waals surface area contributed by atoms with Gasteiger partial charge in [-0.25, -0.2) is 0 Å². The molecule has 1 aliphatic heterocycles. The van der Waals surface area contributed by atoms with E-state index in [-0.39, 0.29) is 11.3 Å². The first-order valence-electron chi connectivity index (χ1n) is 10.3. The minimum absolute atomic E-state index is 0.0165. The van der Waals surface area contributed by atoms with Crippen molar-refractivity contribution in [2.45, 2.75) is 26.8 Å². The predicted molar refractivity (Wildman–Crippen MR) is 123 cm³/mol. The highest BCUT2D eigenvalue weighted by Gasteiger charge is 2.47. The third kappa shape index (κ3) is 3.54. The van der Waals surface area contributed by atoms with Crippen LogP contribution in [0.5, 0.6) is 5.75 Å². The van der Waals surface area contributed by atoms with Crippen molar-refractivity contribution < 1.29 is 19.4 Å². The van der Waals surface area contributed by atoms with Crippen LogP contribution in [0.2, 0.25) is 0 Å². The molecule has 0 bridgehead atoms. The van der Waals surface area contributed by atoms with Gasteiger partial charge in [-0.3, -0.25) is 19.5 Å². The van der Waals surface area contributed by atoms with Gasteiger partial charge in [0.15, 0.2) is 0 Å². The lowest BCUT2D eigenvalue weighted by Crippen LogP contribution is -2.29. The second-order valence-corrected chi connectivity index (χ2v) is 7.90. The fourth-order valence-electron chi connectivity index (χ4n) is 4.10. The summed E-state index contributed by atoms with van der Waals surface area (Å²) in [5.74, 6) is -0.985. The van der Waals surface area contributed by atoms with E-state index in [4.69, 9.17) is 4.74 Å². The van der Waals surface area contributed by atoms with E-state index in [0.717, 1.165) is 16.7 Å². The summed E-state index contributed by atoms with van der Waals surface area (Å²) in [4.78, 5) is 32.2. The van der Waals surface area contributed by atoms with Crippen LogP contribution in [0.15, 0.2) is 66.4 Å². The van der Waals surface area contributed by atoms with Crippen molar-refractivity contribution in [2.24, 2.45) is 0 Å². The zero-order valence-corrected chi connectivity index (χ0v) is 18.4. The number of aromatic nitrogens is 1. The number of hydrogen-bond donors (Lipinski definition) is 1. The second kappa shape index (κ2) is 8.30. The Labute approximate surface area is 186 Å². The van der Waals surface area contributed by atoms with Crippen LogP contribution in [0.4, 0.5) is 5.69 Å². The summed E-state index contributed by atoms with van der Waals surface area (Å²) in [5, 5.41) is 11.3. The quantitative estimate of drug-likeness (QED) is 0.372. The number of aliphatic hydroxyl groups is 1. The van der Waals surface area contributed by atoms with Crippen molar-refractivity contribution in [1.29, 1.82) is 0 Å². The van der Waals surface area contributed by atoms with Gasteiger partial charge in [-0.15, -0.1) is 0 Å². The third-order valence-corrected chi connectivity index (χ3v) is 5.69. The topological polar surface area (TPSA) is 79.7 Å². The lowest BCUT2D eigenvalue weighted by atomic mass is 9.95. The zero-order valence-electron chi connectivity index (χ0n) is 18.4. The summed E-state index contributed by atoms with van der Waals surface area (Å²) in [6.07, 6.45) is 1.61. The van der Waals surface area contributed by atoms with E-state index in [1.54, 1.807) is 49.7 Å². The molecular formula is C26H24N2O4. The standard InChI is InChI=1S/C26H24N2O4/c1-15-8-7-9-18(12-15)28-23(20-10-5-6-11-27-20)22(25(30)26(28)31)24(29)19-13-17(3)21(32-4)14-16(19)2/h5-14,23,29H,1-4H3/b24-22+. The summed E-state index contributed by atoms with van der Waals surface area (Å²) in [7, 11) is 1.58. The number of hydrogen-bond acceptors (Lipinski definition) is 5. The molecule has 1 fully saturated rings. The Balaban J connectivity index is 1.97. The normalized spacial score (nSPS) is 17.6. The summed E-state index contributed by atoms with van der Waals surface area (Å²) in [5.41, 5.74) is 4.05. The SMILES string of the molecule is COc1cc(C)c(/C(O)=C2\C(=O)C(=O)N(c3cccc(C)c3)C2c2ccccn2)cc1C. The van der Waals surface area contributed by atoms with Crippen LogP contribution in [0.1, 0.15) is 34.0 Å². The second-order valence-electron chi connectivity index (χ2n) is 7.90. The van der Waals surface area contributed by atoms with Gasteiger partial charge in [0.2, 0.25) is 0 Å². The number of aliphatic hydroxyl groups excluding tert-OH is 1. The Morgan fingerprint density at radius 1 is 1.00 bits per heavy atom. The number of ketones is 1. The van der Waals surface area contributed by atoms with Crippen LogP contribution in [-0.4, -0.2) is 28.9 Å². The maximum absolute atomic E-state index is 13.2. The molecule has 162 valence electrons. The van der Waals surface area contributed by atoms with E-state index in [0.29, 0.717) is 22.7 Å². The molecule has 1 aliphatic rings. The lowest BCUT2D eigenvalue weighted by molar-refractivity contribution is -0.132. The number of carbonyl (C=O) groups excluding carboxylic acids is 2. The highest BCUT2D eigenvalue weighted by molar-refractivity contribution is 6.51. The molecule has 0 aliphatic carbocycles. The Morgan fingerprint density at radius 3 is 2.44 bits per heavy atom. The van der Waals surface area contributed by atoms with Crippen LogP contribution in [-0.2, 0) is 9.59 Å². The molecule has 0 saturated carbocycles. The minimum atomic E-state index is -0.847. The average Bonchev–Trinajstić information content (AvgIpc) is 3.05. The fraction of sp³-hybridized carbons (Fsp3) is 0.192. The van der Waals surface area contributed by atoms with Crippen LogP contribution in [0.25, 0.3) is 5.76 Å². The Bertz CT molecular complexity index is 1250. The van der Waals surface area contributed by atoms with Crippen LogP contribution >= 0.6 is 0 Å². The van der Waals surface area contributed by atoms with Gasteiger partial charge < -0.3 is 9.84 Å². The van der Waals surface area contributed by atoms with Crippen molar-refractivity contribution >= 4 is 23.1 Å². The number of pyridine rings is 1. The van der Waals surface area contributed by atoms with Gasteiger partial charge in [-0.1, -0.05) is 18.2 Å². The molecule has 2 heterocycles. The molecule has 1 amide bonds. The van der Waals surface area contributed by atoms with Gasteiger partial charge in [0.05, 0.1) is 18.4 Å². The maximum atomic E-state index is 13.2. The minimum Gasteiger partial charge on any atom is -0.507 e. The first-order valence-corrected chi connectivity index (χ1v) is 10.3. The number of amides is 1. The molecule has 1 saturated heterocycles. The zero-order chi connectivity index (χ0) is 23.0. The molecule has 1 N–H and O–H groups in total. The molecule has 6 nitrogen and oxygen atoms in total. The average molecular weight is 428 g/mol. The highest BCUT2D eigenvalue weighted by Crippen LogP contribution is 2.42. The molecule has 4 rings (SSSR count). The van der Waals surface area contributed by atoms with E-state index >= 15 is 0 Å². The maximum Gasteiger partial charge on any atom is 0.300 e. The monoisotopic (exact) mass is 428 g/mol.